The van der Waals surface area contributed by atoms with Crippen molar-refractivity contribution in [3.63, 3.8) is 0 Å². The van der Waals surface area contributed by atoms with E-state index in [4.69, 9.17) is 16.7 Å². The van der Waals surface area contributed by atoms with E-state index in [2.05, 4.69) is 10.4 Å². The van der Waals surface area contributed by atoms with Crippen molar-refractivity contribution in [2.24, 2.45) is 0 Å². The molecule has 108 valence electrons. The van der Waals surface area contributed by atoms with Crippen LogP contribution >= 0.6 is 11.6 Å². The van der Waals surface area contributed by atoms with Crippen molar-refractivity contribution in [1.29, 1.82) is 0 Å². The second-order valence-corrected chi connectivity index (χ2v) is 4.58. The minimum atomic E-state index is -0.957. The molecule has 0 atom stereocenters. The lowest BCUT2D eigenvalue weighted by molar-refractivity contribution is 0.132. The highest BCUT2D eigenvalue weighted by molar-refractivity contribution is 6.32. The first-order valence-electron chi connectivity index (χ1n) is 5.90. The third-order valence-electron chi connectivity index (χ3n) is 2.98. The van der Waals surface area contributed by atoms with Crippen LogP contribution in [0.25, 0.3) is 0 Å². The van der Waals surface area contributed by atoms with Gasteiger partial charge in [0.2, 0.25) is 0 Å². The molecule has 1 aromatic heterocycles. The number of nitrogens with zero attached hydrogens (tertiary/aromatic N) is 2. The smallest absolute Gasteiger partial charge is 0.287 e. The third-order valence-corrected chi connectivity index (χ3v) is 3.34. The van der Waals surface area contributed by atoms with Crippen LogP contribution in [0.15, 0.2) is 11.0 Å². The molecule has 0 saturated heterocycles. The number of aliphatic hydroxyl groups is 3. The van der Waals surface area contributed by atoms with Gasteiger partial charge in [0.15, 0.2) is 0 Å². The molecule has 0 saturated carbocycles. The highest BCUT2D eigenvalue weighted by Gasteiger charge is 2.27. The lowest BCUT2D eigenvalue weighted by Gasteiger charge is -2.31. The van der Waals surface area contributed by atoms with Gasteiger partial charge in [-0.2, -0.15) is 5.10 Å². The zero-order valence-electron chi connectivity index (χ0n) is 10.6. The van der Waals surface area contributed by atoms with Gasteiger partial charge in [0.1, 0.15) is 5.02 Å². The molecule has 0 unspecified atom stereocenters. The summed E-state index contributed by atoms with van der Waals surface area (Å²) >= 11 is 5.93. The zero-order valence-corrected chi connectivity index (χ0v) is 11.4. The Balaban J connectivity index is 3.09. The average Bonchev–Trinajstić information content (AvgIpc) is 2.44. The monoisotopic (exact) mass is 291 g/mol. The summed E-state index contributed by atoms with van der Waals surface area (Å²) in [5, 5.41) is 34.1. The molecule has 7 nitrogen and oxygen atoms in total. The molecule has 1 aromatic rings. The first kappa shape index (κ1) is 15.9. The zero-order chi connectivity index (χ0) is 14.5. The summed E-state index contributed by atoms with van der Waals surface area (Å²) in [5.41, 5.74) is -1.26. The Labute approximate surface area is 115 Å². The van der Waals surface area contributed by atoms with Crippen LogP contribution in [-0.2, 0) is 6.54 Å². The molecule has 8 heteroatoms. The van der Waals surface area contributed by atoms with Crippen molar-refractivity contribution in [2.75, 3.05) is 25.1 Å². The quantitative estimate of drug-likeness (QED) is 0.536. The highest BCUT2D eigenvalue weighted by atomic mass is 35.5. The number of hydrogen-bond donors (Lipinski definition) is 4. The van der Waals surface area contributed by atoms with Crippen molar-refractivity contribution < 1.29 is 15.3 Å². The van der Waals surface area contributed by atoms with Gasteiger partial charge >= 0.3 is 0 Å². The molecule has 0 aromatic carbocycles. The highest BCUT2D eigenvalue weighted by Crippen LogP contribution is 2.22. The van der Waals surface area contributed by atoms with E-state index in [0.29, 0.717) is 6.42 Å². The Morgan fingerprint density at radius 3 is 2.53 bits per heavy atom. The second kappa shape index (κ2) is 6.85. The molecule has 1 heterocycles. The summed E-state index contributed by atoms with van der Waals surface area (Å²) in [6.07, 6.45) is 1.77. The van der Waals surface area contributed by atoms with Gasteiger partial charge in [-0.1, -0.05) is 18.5 Å². The molecule has 0 amide bonds. The Morgan fingerprint density at radius 1 is 1.42 bits per heavy atom. The Kier molecular flexibility index (Phi) is 5.74. The molecule has 0 aliphatic rings. The summed E-state index contributed by atoms with van der Waals surface area (Å²) in [6, 6.07) is 0. The number of hydrogen-bond acceptors (Lipinski definition) is 6. The van der Waals surface area contributed by atoms with E-state index in [1.807, 2.05) is 0 Å². The van der Waals surface area contributed by atoms with Gasteiger partial charge in [0, 0.05) is 0 Å². The molecule has 0 aliphatic carbocycles. The van der Waals surface area contributed by atoms with Gasteiger partial charge in [-0.15, -0.1) is 0 Å². The van der Waals surface area contributed by atoms with Crippen molar-refractivity contribution in [3.05, 3.63) is 21.6 Å². The van der Waals surface area contributed by atoms with E-state index in [1.165, 1.54) is 6.20 Å². The SMILES string of the molecule is CCC(CO)(CO)Nc1cnn(CCO)c(=O)c1Cl. The second-order valence-electron chi connectivity index (χ2n) is 4.20. The van der Waals surface area contributed by atoms with Crippen molar-refractivity contribution >= 4 is 17.3 Å². The molecular weight excluding hydrogens is 274 g/mol. The summed E-state index contributed by atoms with van der Waals surface area (Å²) in [7, 11) is 0. The fraction of sp³-hybridized carbons (Fsp3) is 0.636. The maximum absolute atomic E-state index is 11.8. The molecule has 1 rings (SSSR count). The summed E-state index contributed by atoms with van der Waals surface area (Å²) in [4.78, 5) is 11.8. The van der Waals surface area contributed by atoms with Crippen molar-refractivity contribution in [3.8, 4) is 0 Å². The lowest BCUT2D eigenvalue weighted by Crippen LogP contribution is -2.45. The molecule has 0 fully saturated rings. The van der Waals surface area contributed by atoms with E-state index < -0.39 is 11.1 Å². The Bertz CT molecular complexity index is 465. The largest absolute Gasteiger partial charge is 0.394 e. The molecular formula is C11H18ClN3O4. The van der Waals surface area contributed by atoms with Gasteiger partial charge in [-0.05, 0) is 6.42 Å². The molecule has 0 bridgehead atoms. The van der Waals surface area contributed by atoms with Gasteiger partial charge in [0.25, 0.3) is 5.56 Å². The van der Waals surface area contributed by atoms with E-state index in [1.54, 1.807) is 6.92 Å². The minimum Gasteiger partial charge on any atom is -0.394 e. The number of aromatic nitrogens is 2. The summed E-state index contributed by atoms with van der Waals surface area (Å²) in [5.74, 6) is 0. The fourth-order valence-corrected chi connectivity index (χ4v) is 1.73. The first-order chi connectivity index (χ1) is 9.03. The maximum Gasteiger partial charge on any atom is 0.287 e. The first-order valence-corrected chi connectivity index (χ1v) is 6.27. The Morgan fingerprint density at radius 2 is 2.05 bits per heavy atom. The number of anilines is 1. The molecule has 4 N–H and O–H groups in total. The van der Waals surface area contributed by atoms with Gasteiger partial charge < -0.3 is 20.6 Å². The number of rotatable bonds is 7. The lowest BCUT2D eigenvalue weighted by atomic mass is 9.98. The van der Waals surface area contributed by atoms with Crippen LogP contribution in [0, 0.1) is 0 Å². The van der Waals surface area contributed by atoms with E-state index in [-0.39, 0.29) is 37.1 Å². The standard InChI is InChI=1S/C11H18ClN3O4/c1-2-11(6-17,7-18)14-8-5-13-15(3-4-16)10(19)9(8)12/h5,14,16-18H,2-4,6-7H2,1H3. The minimum absolute atomic E-state index is 0.0533. The summed E-state index contributed by atoms with van der Waals surface area (Å²) in [6.45, 7) is 1.000. The van der Waals surface area contributed by atoms with Gasteiger partial charge in [-0.3, -0.25) is 4.79 Å². The van der Waals surface area contributed by atoms with Crippen LogP contribution < -0.4 is 10.9 Å². The predicted octanol–water partition coefficient (Wildman–Crippen LogP) is -0.566. The topological polar surface area (TPSA) is 108 Å². The van der Waals surface area contributed by atoms with Crippen molar-refractivity contribution in [1.82, 2.24) is 9.78 Å². The van der Waals surface area contributed by atoms with Crippen LogP contribution in [0.4, 0.5) is 5.69 Å². The third kappa shape index (κ3) is 3.44. The van der Waals surface area contributed by atoms with Crippen LogP contribution in [0.1, 0.15) is 13.3 Å². The molecule has 0 spiro atoms. The van der Waals surface area contributed by atoms with Crippen LogP contribution in [-0.4, -0.2) is 50.5 Å². The maximum atomic E-state index is 11.8. The molecule has 0 radical (unpaired) electrons. The van der Waals surface area contributed by atoms with Crippen LogP contribution in [0.2, 0.25) is 5.02 Å². The normalized spacial score (nSPS) is 11.6. The number of halogens is 1. The van der Waals surface area contributed by atoms with E-state index in [0.717, 1.165) is 4.68 Å². The van der Waals surface area contributed by atoms with Crippen LogP contribution in [0.3, 0.4) is 0 Å². The van der Waals surface area contributed by atoms with Crippen molar-refractivity contribution in [2.45, 2.75) is 25.4 Å². The Hall–Kier alpha value is -1.15. The number of aliphatic hydroxyl groups excluding tert-OH is 3. The van der Waals surface area contributed by atoms with Gasteiger partial charge in [0.05, 0.1) is 43.8 Å². The van der Waals surface area contributed by atoms with Crippen LogP contribution in [0.5, 0.6) is 0 Å². The summed E-state index contributed by atoms with van der Waals surface area (Å²) < 4.78 is 1.04. The van der Waals surface area contributed by atoms with Gasteiger partial charge in [-0.25, -0.2) is 4.68 Å². The molecule has 0 aliphatic heterocycles. The number of nitrogens with one attached hydrogen (secondary N) is 1. The fourth-order valence-electron chi connectivity index (χ4n) is 1.53. The predicted molar refractivity (Wildman–Crippen MR) is 71.4 cm³/mol. The average molecular weight is 292 g/mol. The van der Waals surface area contributed by atoms with E-state index >= 15 is 0 Å². The molecule has 19 heavy (non-hydrogen) atoms. The van der Waals surface area contributed by atoms with E-state index in [9.17, 15) is 15.0 Å².